The van der Waals surface area contributed by atoms with Crippen LogP contribution in [0.5, 0.6) is 0 Å². The Balaban J connectivity index is 4.12. The van der Waals surface area contributed by atoms with Gasteiger partial charge in [0.05, 0.1) is 0 Å². The predicted molar refractivity (Wildman–Crippen MR) is 215 cm³/mol. The maximum atomic E-state index is 12.6. The van der Waals surface area contributed by atoms with Crippen LogP contribution in [0.1, 0.15) is 239 Å². The van der Waals surface area contributed by atoms with Gasteiger partial charge in [0, 0.05) is 19.3 Å². The molecular formula is C45H84O6. The first-order chi connectivity index (χ1) is 25.0. The zero-order valence-corrected chi connectivity index (χ0v) is 34.1. The third-order valence-corrected chi connectivity index (χ3v) is 9.77. The van der Waals surface area contributed by atoms with Gasteiger partial charge < -0.3 is 14.2 Å². The molecule has 0 aromatic carbocycles. The Morgan fingerprint density at radius 2 is 0.647 bits per heavy atom. The zero-order chi connectivity index (χ0) is 37.3. The van der Waals surface area contributed by atoms with Crippen molar-refractivity contribution in [2.45, 2.75) is 245 Å². The summed E-state index contributed by atoms with van der Waals surface area (Å²) < 4.78 is 16.6. The monoisotopic (exact) mass is 721 g/mol. The van der Waals surface area contributed by atoms with E-state index in [9.17, 15) is 14.4 Å². The van der Waals surface area contributed by atoms with Gasteiger partial charge >= 0.3 is 17.9 Å². The molecule has 6 heteroatoms. The van der Waals surface area contributed by atoms with E-state index >= 15 is 0 Å². The molecule has 0 aliphatic heterocycles. The van der Waals surface area contributed by atoms with Gasteiger partial charge in [-0.25, -0.2) is 0 Å². The fraction of sp³-hybridized carbons (Fsp3) is 0.889. The van der Waals surface area contributed by atoms with Gasteiger partial charge in [0.2, 0.25) is 0 Å². The number of rotatable bonds is 40. The molecule has 0 N–H and O–H groups in total. The molecular weight excluding hydrogens is 636 g/mol. The lowest BCUT2D eigenvalue weighted by Crippen LogP contribution is -2.30. The molecule has 6 nitrogen and oxygen atoms in total. The lowest BCUT2D eigenvalue weighted by molar-refractivity contribution is -0.167. The average molecular weight is 721 g/mol. The summed E-state index contributed by atoms with van der Waals surface area (Å²) in [4.78, 5) is 37.4. The number of hydrogen-bond acceptors (Lipinski definition) is 6. The van der Waals surface area contributed by atoms with Crippen molar-refractivity contribution in [3.63, 3.8) is 0 Å². The minimum atomic E-state index is -0.759. The molecule has 0 aromatic heterocycles. The summed E-state index contributed by atoms with van der Waals surface area (Å²) in [6.07, 6.45) is 42.2. The third kappa shape index (κ3) is 39.2. The molecule has 0 aliphatic rings. The lowest BCUT2D eigenvalue weighted by atomic mass is 10.1. The summed E-state index contributed by atoms with van der Waals surface area (Å²) in [5.74, 6) is -0.879. The van der Waals surface area contributed by atoms with Gasteiger partial charge in [-0.1, -0.05) is 187 Å². The molecule has 1 atom stereocenters. The highest BCUT2D eigenvalue weighted by atomic mass is 16.6. The van der Waals surface area contributed by atoms with Crippen molar-refractivity contribution in [2.75, 3.05) is 13.2 Å². The maximum absolute atomic E-state index is 12.6. The number of carbonyl (C=O) groups is 3. The lowest BCUT2D eigenvalue weighted by Gasteiger charge is -2.18. The van der Waals surface area contributed by atoms with Gasteiger partial charge in [-0.05, 0) is 44.9 Å². The zero-order valence-electron chi connectivity index (χ0n) is 34.1. The molecule has 0 aromatic rings. The van der Waals surface area contributed by atoms with Crippen LogP contribution in [0.25, 0.3) is 0 Å². The van der Waals surface area contributed by atoms with Crippen molar-refractivity contribution < 1.29 is 28.6 Å². The molecule has 300 valence electrons. The maximum Gasteiger partial charge on any atom is 0.306 e. The Kier molecular flexibility index (Phi) is 39.4. The van der Waals surface area contributed by atoms with Crippen LogP contribution in [0.2, 0.25) is 0 Å². The Morgan fingerprint density at radius 1 is 0.373 bits per heavy atom. The van der Waals surface area contributed by atoms with E-state index in [0.29, 0.717) is 19.3 Å². The molecule has 0 spiro atoms. The summed E-state index contributed by atoms with van der Waals surface area (Å²) in [7, 11) is 0. The standard InChI is InChI=1S/C45H84O6/c1-4-7-10-13-16-18-19-20-21-22-23-24-25-26-27-28-30-32-35-38-44(47)50-41-42(40-49-43(46)37-34-31-15-12-9-6-3)51-45(48)39-36-33-29-17-14-11-8-5-2/h20-21,42H,4-19,22-41H2,1-3H3/b21-20-. The van der Waals surface area contributed by atoms with E-state index in [2.05, 4.69) is 32.9 Å². The molecule has 0 saturated carbocycles. The molecule has 0 rings (SSSR count). The summed E-state index contributed by atoms with van der Waals surface area (Å²) >= 11 is 0. The van der Waals surface area contributed by atoms with Gasteiger partial charge in [-0.15, -0.1) is 0 Å². The van der Waals surface area contributed by atoms with Gasteiger partial charge in [0.25, 0.3) is 0 Å². The number of allylic oxidation sites excluding steroid dienone is 2. The third-order valence-electron chi connectivity index (χ3n) is 9.77. The Labute approximate surface area is 316 Å². The van der Waals surface area contributed by atoms with Crippen molar-refractivity contribution in [3.8, 4) is 0 Å². The topological polar surface area (TPSA) is 78.9 Å². The molecule has 51 heavy (non-hydrogen) atoms. The fourth-order valence-electron chi connectivity index (χ4n) is 6.38. The van der Waals surface area contributed by atoms with E-state index in [1.807, 2.05) is 0 Å². The van der Waals surface area contributed by atoms with Crippen LogP contribution in [0, 0.1) is 0 Å². The quantitative estimate of drug-likeness (QED) is 0.0271. The first-order valence-electron chi connectivity index (χ1n) is 22.2. The highest BCUT2D eigenvalue weighted by Gasteiger charge is 2.19. The molecule has 0 saturated heterocycles. The summed E-state index contributed by atoms with van der Waals surface area (Å²) in [6.45, 7) is 6.54. The van der Waals surface area contributed by atoms with Crippen LogP contribution >= 0.6 is 0 Å². The van der Waals surface area contributed by atoms with E-state index < -0.39 is 6.10 Å². The molecule has 0 fully saturated rings. The normalized spacial score (nSPS) is 12.0. The SMILES string of the molecule is CCCCCCCC/C=C\CCCCCCCCCCCC(=O)OCC(COC(=O)CCCCCCCC)OC(=O)CCCCCCCCCC. The second-order valence-electron chi connectivity index (χ2n) is 15.0. The van der Waals surface area contributed by atoms with Crippen molar-refractivity contribution in [1.82, 2.24) is 0 Å². The minimum Gasteiger partial charge on any atom is -0.462 e. The van der Waals surface area contributed by atoms with E-state index in [-0.39, 0.29) is 31.1 Å². The minimum absolute atomic E-state index is 0.0682. The predicted octanol–water partition coefficient (Wildman–Crippen LogP) is 13.9. The second-order valence-corrected chi connectivity index (χ2v) is 15.0. The Hall–Kier alpha value is -1.85. The number of ether oxygens (including phenoxy) is 3. The van der Waals surface area contributed by atoms with Crippen molar-refractivity contribution >= 4 is 17.9 Å². The summed E-state index contributed by atoms with van der Waals surface area (Å²) in [5, 5.41) is 0. The number of unbranched alkanes of at least 4 members (excludes halogenated alkanes) is 27. The molecule has 0 heterocycles. The largest absolute Gasteiger partial charge is 0.462 e. The van der Waals surface area contributed by atoms with Crippen LogP contribution in [-0.2, 0) is 28.6 Å². The van der Waals surface area contributed by atoms with E-state index in [1.54, 1.807) is 0 Å². The molecule has 0 bridgehead atoms. The fourth-order valence-corrected chi connectivity index (χ4v) is 6.38. The van der Waals surface area contributed by atoms with E-state index in [0.717, 1.165) is 57.8 Å². The Morgan fingerprint density at radius 3 is 0.980 bits per heavy atom. The van der Waals surface area contributed by atoms with Crippen molar-refractivity contribution in [2.24, 2.45) is 0 Å². The molecule has 0 amide bonds. The van der Waals surface area contributed by atoms with Crippen LogP contribution in [0.3, 0.4) is 0 Å². The van der Waals surface area contributed by atoms with Gasteiger partial charge in [-0.3, -0.25) is 14.4 Å². The number of esters is 3. The van der Waals surface area contributed by atoms with Gasteiger partial charge in [0.1, 0.15) is 13.2 Å². The summed E-state index contributed by atoms with van der Waals surface area (Å²) in [5.41, 5.74) is 0. The van der Waals surface area contributed by atoms with Crippen molar-refractivity contribution in [1.29, 1.82) is 0 Å². The highest BCUT2D eigenvalue weighted by molar-refractivity contribution is 5.71. The van der Waals surface area contributed by atoms with Crippen LogP contribution < -0.4 is 0 Å². The van der Waals surface area contributed by atoms with Gasteiger partial charge in [0.15, 0.2) is 6.10 Å². The number of hydrogen-bond donors (Lipinski definition) is 0. The van der Waals surface area contributed by atoms with Crippen molar-refractivity contribution in [3.05, 3.63) is 12.2 Å². The smallest absolute Gasteiger partial charge is 0.306 e. The highest BCUT2D eigenvalue weighted by Crippen LogP contribution is 2.14. The molecule has 0 radical (unpaired) electrons. The summed E-state index contributed by atoms with van der Waals surface area (Å²) in [6, 6.07) is 0. The molecule has 0 aliphatic carbocycles. The first-order valence-corrected chi connectivity index (χ1v) is 22.2. The average Bonchev–Trinajstić information content (AvgIpc) is 3.13. The Bertz CT molecular complexity index is 794. The van der Waals surface area contributed by atoms with Crippen LogP contribution in [0.15, 0.2) is 12.2 Å². The molecule has 1 unspecified atom stereocenters. The second kappa shape index (κ2) is 40.9. The van der Waals surface area contributed by atoms with Gasteiger partial charge in [-0.2, -0.15) is 0 Å². The first kappa shape index (κ1) is 49.1. The van der Waals surface area contributed by atoms with E-state index in [1.165, 1.54) is 141 Å². The number of carbonyl (C=O) groups excluding carboxylic acids is 3. The van der Waals surface area contributed by atoms with Crippen LogP contribution in [0.4, 0.5) is 0 Å². The van der Waals surface area contributed by atoms with E-state index in [4.69, 9.17) is 14.2 Å². The van der Waals surface area contributed by atoms with Crippen LogP contribution in [-0.4, -0.2) is 37.2 Å².